The molecule has 2 aromatic heterocycles. The average Bonchev–Trinajstić information content (AvgIpc) is 3.06. The number of benzene rings is 1. The molecule has 1 aromatic carbocycles. The van der Waals surface area contributed by atoms with Crippen LogP contribution in [0.25, 0.3) is 21.7 Å². The van der Waals surface area contributed by atoms with Gasteiger partial charge in [-0.25, -0.2) is 4.98 Å². The van der Waals surface area contributed by atoms with E-state index in [4.69, 9.17) is 4.74 Å². The molecule has 0 spiro atoms. The molecule has 0 unspecified atom stereocenters. The molecule has 0 aliphatic rings. The lowest BCUT2D eigenvalue weighted by molar-refractivity contribution is -0.114. The van der Waals surface area contributed by atoms with Gasteiger partial charge in [0.25, 0.3) is 0 Å². The summed E-state index contributed by atoms with van der Waals surface area (Å²) in [4.78, 5) is 21.1. The molecule has 5 nitrogen and oxygen atoms in total. The van der Waals surface area contributed by atoms with E-state index in [1.54, 1.807) is 12.4 Å². The zero-order valence-corrected chi connectivity index (χ0v) is 15.7. The van der Waals surface area contributed by atoms with E-state index in [1.165, 1.54) is 18.3 Å². The van der Waals surface area contributed by atoms with Crippen molar-refractivity contribution in [1.29, 1.82) is 0 Å². The number of thiazole rings is 1. The fourth-order valence-corrected chi connectivity index (χ4v) is 3.50. The minimum atomic E-state index is -0.133. The van der Waals surface area contributed by atoms with E-state index in [0.717, 1.165) is 46.9 Å². The van der Waals surface area contributed by atoms with E-state index < -0.39 is 0 Å². The largest absolute Gasteiger partial charge is 0.494 e. The summed E-state index contributed by atoms with van der Waals surface area (Å²) < 4.78 is 5.73. The second-order valence-corrected chi connectivity index (χ2v) is 6.84. The molecular weight excluding hydrogens is 346 g/mol. The van der Waals surface area contributed by atoms with Gasteiger partial charge in [0, 0.05) is 24.9 Å². The number of pyridine rings is 1. The van der Waals surface area contributed by atoms with Crippen molar-refractivity contribution in [3.63, 3.8) is 0 Å². The Hall–Kier alpha value is -2.73. The fraction of sp³-hybridized carbons (Fsp3) is 0.250. The number of rotatable bonds is 7. The number of hydrogen-bond donors (Lipinski definition) is 1. The number of ether oxygens (including phenoxy) is 1. The normalized spacial score (nSPS) is 10.5. The molecule has 1 amide bonds. The summed E-state index contributed by atoms with van der Waals surface area (Å²) in [6.07, 6.45) is 5.65. The predicted molar refractivity (Wildman–Crippen MR) is 105 cm³/mol. The lowest BCUT2D eigenvalue weighted by atomic mass is 10.1. The first kappa shape index (κ1) is 18.1. The first-order chi connectivity index (χ1) is 12.7. The molecule has 0 aliphatic heterocycles. The van der Waals surface area contributed by atoms with Crippen molar-refractivity contribution in [2.24, 2.45) is 0 Å². The minimum absolute atomic E-state index is 0.133. The quantitative estimate of drug-likeness (QED) is 0.596. The third kappa shape index (κ3) is 4.46. The second-order valence-electron chi connectivity index (χ2n) is 5.84. The Kier molecular flexibility index (Phi) is 5.96. The summed E-state index contributed by atoms with van der Waals surface area (Å²) in [5.74, 6) is 0.719. The highest BCUT2D eigenvalue weighted by atomic mass is 32.1. The fourth-order valence-electron chi connectivity index (χ4n) is 2.46. The van der Waals surface area contributed by atoms with Crippen LogP contribution >= 0.6 is 11.3 Å². The van der Waals surface area contributed by atoms with E-state index in [-0.39, 0.29) is 5.91 Å². The van der Waals surface area contributed by atoms with Crippen LogP contribution in [0.15, 0.2) is 48.8 Å². The van der Waals surface area contributed by atoms with E-state index in [2.05, 4.69) is 22.2 Å². The number of aromatic nitrogens is 2. The van der Waals surface area contributed by atoms with Crippen molar-refractivity contribution in [3.05, 3.63) is 48.8 Å². The van der Waals surface area contributed by atoms with E-state index >= 15 is 0 Å². The second kappa shape index (κ2) is 8.58. The molecule has 0 saturated carbocycles. The smallest absolute Gasteiger partial charge is 0.223 e. The zero-order valence-electron chi connectivity index (χ0n) is 14.9. The first-order valence-electron chi connectivity index (χ1n) is 8.59. The molecule has 3 aromatic rings. The maximum atomic E-state index is 11.4. The van der Waals surface area contributed by atoms with Crippen LogP contribution < -0.4 is 10.1 Å². The van der Waals surface area contributed by atoms with Crippen LogP contribution in [0.2, 0.25) is 0 Å². The number of carbonyl (C=O) groups excluding carboxylic acids is 1. The number of anilines is 1. The van der Waals surface area contributed by atoms with E-state index in [1.807, 2.05) is 36.4 Å². The van der Waals surface area contributed by atoms with E-state index in [0.29, 0.717) is 5.13 Å². The van der Waals surface area contributed by atoms with Crippen LogP contribution in [-0.4, -0.2) is 22.5 Å². The molecule has 0 aliphatic carbocycles. The summed E-state index contributed by atoms with van der Waals surface area (Å²) in [5, 5.41) is 3.36. The molecule has 6 heteroatoms. The summed E-state index contributed by atoms with van der Waals surface area (Å²) in [7, 11) is 0. The summed E-state index contributed by atoms with van der Waals surface area (Å²) in [6, 6.07) is 11.8. The van der Waals surface area contributed by atoms with Gasteiger partial charge in [-0.2, -0.15) is 0 Å². The van der Waals surface area contributed by atoms with Gasteiger partial charge in [-0.3, -0.25) is 9.78 Å². The Morgan fingerprint density at radius 2 is 1.85 bits per heavy atom. The number of nitrogens with zero attached hydrogens (tertiary/aromatic N) is 2. The average molecular weight is 367 g/mol. The van der Waals surface area contributed by atoms with Gasteiger partial charge in [-0.1, -0.05) is 24.7 Å². The monoisotopic (exact) mass is 367 g/mol. The Labute approximate surface area is 157 Å². The van der Waals surface area contributed by atoms with Crippen LogP contribution in [0.4, 0.5) is 5.13 Å². The van der Waals surface area contributed by atoms with Crippen LogP contribution in [0.1, 0.15) is 26.7 Å². The molecule has 0 radical (unpaired) electrons. The molecule has 26 heavy (non-hydrogen) atoms. The van der Waals surface area contributed by atoms with Crippen LogP contribution in [0, 0.1) is 0 Å². The Bertz CT molecular complexity index is 861. The summed E-state index contributed by atoms with van der Waals surface area (Å²) >= 11 is 1.45. The van der Waals surface area contributed by atoms with Crippen LogP contribution in [0.3, 0.4) is 0 Å². The van der Waals surface area contributed by atoms with Crippen LogP contribution in [-0.2, 0) is 4.79 Å². The van der Waals surface area contributed by atoms with Gasteiger partial charge in [-0.15, -0.1) is 0 Å². The lowest BCUT2D eigenvalue weighted by Crippen LogP contribution is -2.04. The van der Waals surface area contributed by atoms with Crippen molar-refractivity contribution in [2.75, 3.05) is 11.9 Å². The molecular formula is C20H21N3O2S. The van der Waals surface area contributed by atoms with Gasteiger partial charge in [0.05, 0.1) is 17.2 Å². The standard InChI is InChI=1S/C20H21N3O2S/c1-3-4-13-25-17-7-5-15(6-8-17)18-19(16-9-11-21-12-10-16)26-20(23-18)22-14(2)24/h5-12H,3-4,13H2,1-2H3,(H,22,23,24). The highest BCUT2D eigenvalue weighted by Crippen LogP contribution is 2.39. The van der Waals surface area contributed by atoms with Crippen molar-refractivity contribution in [2.45, 2.75) is 26.7 Å². The third-order valence-corrected chi connectivity index (χ3v) is 4.77. The van der Waals surface area contributed by atoms with Gasteiger partial charge in [0.1, 0.15) is 5.75 Å². The molecule has 0 saturated heterocycles. The predicted octanol–water partition coefficient (Wildman–Crippen LogP) is 5.01. The number of nitrogens with one attached hydrogen (secondary N) is 1. The number of carbonyl (C=O) groups is 1. The first-order valence-corrected chi connectivity index (χ1v) is 9.41. The van der Waals surface area contributed by atoms with Crippen LogP contribution in [0.5, 0.6) is 5.75 Å². The van der Waals surface area contributed by atoms with E-state index in [9.17, 15) is 4.79 Å². The highest BCUT2D eigenvalue weighted by Gasteiger charge is 2.15. The molecule has 134 valence electrons. The molecule has 3 rings (SSSR count). The van der Waals surface area contributed by atoms with Crippen molar-refractivity contribution >= 4 is 22.4 Å². The van der Waals surface area contributed by atoms with Gasteiger partial charge in [0.2, 0.25) is 5.91 Å². The van der Waals surface area contributed by atoms with Gasteiger partial charge < -0.3 is 10.1 Å². The summed E-state index contributed by atoms with van der Waals surface area (Å²) in [6.45, 7) is 4.35. The van der Waals surface area contributed by atoms with Crippen molar-refractivity contribution in [3.8, 4) is 27.4 Å². The molecule has 2 heterocycles. The Morgan fingerprint density at radius 1 is 1.12 bits per heavy atom. The zero-order chi connectivity index (χ0) is 18.4. The third-order valence-electron chi connectivity index (χ3n) is 3.75. The van der Waals surface area contributed by atoms with Crippen molar-refractivity contribution < 1.29 is 9.53 Å². The molecule has 1 N–H and O–H groups in total. The molecule has 0 bridgehead atoms. The minimum Gasteiger partial charge on any atom is -0.494 e. The highest BCUT2D eigenvalue weighted by molar-refractivity contribution is 7.19. The van der Waals surface area contributed by atoms with Gasteiger partial charge >= 0.3 is 0 Å². The van der Waals surface area contributed by atoms with Crippen molar-refractivity contribution in [1.82, 2.24) is 9.97 Å². The molecule has 0 atom stereocenters. The topological polar surface area (TPSA) is 64.1 Å². The summed E-state index contributed by atoms with van der Waals surface area (Å²) in [5.41, 5.74) is 2.84. The number of amides is 1. The number of hydrogen-bond acceptors (Lipinski definition) is 5. The maximum absolute atomic E-state index is 11.4. The Morgan fingerprint density at radius 3 is 2.50 bits per heavy atom. The maximum Gasteiger partial charge on any atom is 0.223 e. The number of unbranched alkanes of at least 4 members (excludes halogenated alkanes) is 1. The van der Waals surface area contributed by atoms with Gasteiger partial charge in [0.15, 0.2) is 5.13 Å². The molecule has 0 fully saturated rings. The Balaban J connectivity index is 1.92. The SMILES string of the molecule is CCCCOc1ccc(-c2nc(NC(C)=O)sc2-c2ccncc2)cc1. The lowest BCUT2D eigenvalue weighted by Gasteiger charge is -2.07. The van der Waals surface area contributed by atoms with Gasteiger partial charge in [-0.05, 0) is 48.4 Å².